The molecule has 0 aliphatic heterocycles. The molecule has 1 aromatic heterocycles. The van der Waals surface area contributed by atoms with Crippen molar-refractivity contribution >= 4 is 11.0 Å². The van der Waals surface area contributed by atoms with E-state index in [1.54, 1.807) is 51.7 Å². The third-order valence-electron chi connectivity index (χ3n) is 4.97. The number of hydrogen-bond acceptors (Lipinski definition) is 6. The van der Waals surface area contributed by atoms with E-state index >= 15 is 0 Å². The highest BCUT2D eigenvalue weighted by molar-refractivity contribution is 5.83. The molecule has 158 valence electrons. The molecule has 0 radical (unpaired) electrons. The summed E-state index contributed by atoms with van der Waals surface area (Å²) in [5, 5.41) is 0.793. The monoisotopic (exact) mass is 418 g/mol. The molecule has 3 aromatic carbocycles. The van der Waals surface area contributed by atoms with E-state index in [0.29, 0.717) is 40.6 Å². The summed E-state index contributed by atoms with van der Waals surface area (Å²) in [4.78, 5) is 12.6. The van der Waals surface area contributed by atoms with Crippen LogP contribution in [-0.4, -0.2) is 21.3 Å². The number of hydrogen-bond donors (Lipinski definition) is 0. The lowest BCUT2D eigenvalue weighted by molar-refractivity contribution is 0.306. The molecule has 1 heterocycles. The van der Waals surface area contributed by atoms with Crippen LogP contribution in [0.25, 0.3) is 22.1 Å². The molecular formula is C25H22O6. The molecule has 0 unspecified atom stereocenters. The fourth-order valence-electron chi connectivity index (χ4n) is 3.27. The number of methoxy groups -OCH3 is 3. The SMILES string of the molecule is COc1ccc(COc2ccc3cc(-c4ccc(OC)c(OC)c4)c(=O)oc3c2)cc1. The molecule has 0 aliphatic rings. The zero-order chi connectivity index (χ0) is 21.8. The van der Waals surface area contributed by atoms with Gasteiger partial charge >= 0.3 is 5.63 Å². The maximum Gasteiger partial charge on any atom is 0.344 e. The number of fused-ring (bicyclic) bond motifs is 1. The summed E-state index contributed by atoms with van der Waals surface area (Å²) in [5.41, 5.74) is 2.16. The van der Waals surface area contributed by atoms with Gasteiger partial charge in [0.1, 0.15) is 23.7 Å². The Kier molecular flexibility index (Phi) is 5.80. The van der Waals surface area contributed by atoms with Crippen LogP contribution < -0.4 is 24.6 Å². The quantitative estimate of drug-likeness (QED) is 0.391. The Morgan fingerprint density at radius 1 is 0.742 bits per heavy atom. The van der Waals surface area contributed by atoms with Gasteiger partial charge in [0.15, 0.2) is 11.5 Å². The second-order valence-electron chi connectivity index (χ2n) is 6.85. The second kappa shape index (κ2) is 8.83. The summed E-state index contributed by atoms with van der Waals surface area (Å²) in [7, 11) is 4.75. The van der Waals surface area contributed by atoms with Crippen molar-refractivity contribution in [1.29, 1.82) is 0 Å². The van der Waals surface area contributed by atoms with E-state index in [1.165, 1.54) is 0 Å². The molecule has 6 heteroatoms. The first-order valence-electron chi connectivity index (χ1n) is 9.67. The van der Waals surface area contributed by atoms with Crippen LogP contribution in [0.3, 0.4) is 0 Å². The van der Waals surface area contributed by atoms with Crippen LogP contribution in [0, 0.1) is 0 Å². The van der Waals surface area contributed by atoms with Crippen LogP contribution in [0.15, 0.2) is 75.9 Å². The topological polar surface area (TPSA) is 67.1 Å². The fourth-order valence-corrected chi connectivity index (χ4v) is 3.27. The van der Waals surface area contributed by atoms with Crippen molar-refractivity contribution in [3.63, 3.8) is 0 Å². The Morgan fingerprint density at radius 3 is 2.19 bits per heavy atom. The second-order valence-corrected chi connectivity index (χ2v) is 6.85. The molecular weight excluding hydrogens is 396 g/mol. The average Bonchev–Trinajstić information content (AvgIpc) is 2.82. The summed E-state index contributed by atoms with van der Waals surface area (Å²) in [6.45, 7) is 0.392. The predicted molar refractivity (Wildman–Crippen MR) is 118 cm³/mol. The summed E-state index contributed by atoms with van der Waals surface area (Å²) < 4.78 is 27.2. The van der Waals surface area contributed by atoms with Gasteiger partial charge in [0, 0.05) is 11.5 Å². The smallest absolute Gasteiger partial charge is 0.344 e. The minimum atomic E-state index is -0.438. The molecule has 0 bridgehead atoms. The first kappa shape index (κ1) is 20.3. The summed E-state index contributed by atoms with van der Waals surface area (Å²) in [5.74, 6) is 2.55. The molecule has 0 spiro atoms. The van der Waals surface area contributed by atoms with E-state index in [4.69, 9.17) is 23.4 Å². The van der Waals surface area contributed by atoms with Gasteiger partial charge in [-0.05, 0) is 53.6 Å². The largest absolute Gasteiger partial charge is 0.497 e. The van der Waals surface area contributed by atoms with Crippen molar-refractivity contribution in [2.24, 2.45) is 0 Å². The Labute approximate surface area is 179 Å². The Balaban J connectivity index is 1.59. The van der Waals surface area contributed by atoms with Gasteiger partial charge in [-0.15, -0.1) is 0 Å². The molecule has 0 N–H and O–H groups in total. The lowest BCUT2D eigenvalue weighted by Crippen LogP contribution is -2.03. The number of benzene rings is 3. The first-order chi connectivity index (χ1) is 15.1. The van der Waals surface area contributed by atoms with Crippen LogP contribution in [-0.2, 0) is 6.61 Å². The van der Waals surface area contributed by atoms with Gasteiger partial charge < -0.3 is 23.4 Å². The van der Waals surface area contributed by atoms with E-state index in [9.17, 15) is 4.79 Å². The van der Waals surface area contributed by atoms with Gasteiger partial charge in [-0.3, -0.25) is 0 Å². The maximum absolute atomic E-state index is 12.6. The van der Waals surface area contributed by atoms with Crippen LogP contribution in [0.5, 0.6) is 23.0 Å². The normalized spacial score (nSPS) is 10.7. The molecule has 6 nitrogen and oxygen atoms in total. The molecule has 0 aliphatic carbocycles. The minimum Gasteiger partial charge on any atom is -0.497 e. The van der Waals surface area contributed by atoms with Gasteiger partial charge in [-0.2, -0.15) is 0 Å². The zero-order valence-electron chi connectivity index (χ0n) is 17.5. The van der Waals surface area contributed by atoms with Crippen LogP contribution in [0.1, 0.15) is 5.56 Å². The van der Waals surface area contributed by atoms with Gasteiger partial charge in [-0.1, -0.05) is 18.2 Å². The molecule has 0 saturated carbocycles. The van der Waals surface area contributed by atoms with Crippen molar-refractivity contribution in [2.45, 2.75) is 6.61 Å². The standard InChI is InChI=1S/C25H22O6/c1-27-19-8-4-16(5-9-19)15-30-20-10-6-18-12-21(25(26)31-23(18)14-20)17-7-11-22(28-2)24(13-17)29-3/h4-14H,15H2,1-3H3. The van der Waals surface area contributed by atoms with Crippen molar-refractivity contribution in [1.82, 2.24) is 0 Å². The Bertz CT molecular complexity index is 1260. The van der Waals surface area contributed by atoms with Crippen LogP contribution >= 0.6 is 0 Å². The molecule has 31 heavy (non-hydrogen) atoms. The van der Waals surface area contributed by atoms with E-state index < -0.39 is 5.63 Å². The van der Waals surface area contributed by atoms with E-state index in [1.807, 2.05) is 36.4 Å². The van der Waals surface area contributed by atoms with Crippen molar-refractivity contribution < 1.29 is 23.4 Å². The van der Waals surface area contributed by atoms with Crippen molar-refractivity contribution in [2.75, 3.05) is 21.3 Å². The zero-order valence-corrected chi connectivity index (χ0v) is 17.5. The molecule has 4 rings (SSSR count). The number of ether oxygens (including phenoxy) is 4. The lowest BCUT2D eigenvalue weighted by Gasteiger charge is -2.10. The molecule has 0 fully saturated rings. The Morgan fingerprint density at radius 2 is 1.48 bits per heavy atom. The molecule has 0 saturated heterocycles. The van der Waals surface area contributed by atoms with Gasteiger partial charge in [0.2, 0.25) is 0 Å². The van der Waals surface area contributed by atoms with E-state index in [-0.39, 0.29) is 0 Å². The third-order valence-corrected chi connectivity index (χ3v) is 4.97. The van der Waals surface area contributed by atoms with Gasteiger partial charge in [0.25, 0.3) is 0 Å². The highest BCUT2D eigenvalue weighted by atomic mass is 16.5. The van der Waals surface area contributed by atoms with Gasteiger partial charge in [0.05, 0.1) is 26.9 Å². The third kappa shape index (κ3) is 4.33. The van der Waals surface area contributed by atoms with E-state index in [2.05, 4.69) is 0 Å². The lowest BCUT2D eigenvalue weighted by atomic mass is 10.1. The fraction of sp³-hybridized carbons (Fsp3) is 0.160. The van der Waals surface area contributed by atoms with Crippen LogP contribution in [0.4, 0.5) is 0 Å². The summed E-state index contributed by atoms with van der Waals surface area (Å²) in [6, 6.07) is 20.2. The van der Waals surface area contributed by atoms with Crippen molar-refractivity contribution in [3.05, 3.63) is 82.7 Å². The Hall–Kier alpha value is -3.93. The maximum atomic E-state index is 12.6. The molecule has 4 aromatic rings. The average molecular weight is 418 g/mol. The molecule has 0 atom stereocenters. The first-order valence-corrected chi connectivity index (χ1v) is 9.67. The predicted octanol–water partition coefficient (Wildman–Crippen LogP) is 5.06. The minimum absolute atomic E-state index is 0.392. The van der Waals surface area contributed by atoms with Crippen molar-refractivity contribution in [3.8, 4) is 34.1 Å². The summed E-state index contributed by atoms with van der Waals surface area (Å²) >= 11 is 0. The summed E-state index contributed by atoms with van der Waals surface area (Å²) in [6.07, 6.45) is 0. The number of rotatable bonds is 7. The van der Waals surface area contributed by atoms with Gasteiger partial charge in [-0.25, -0.2) is 4.79 Å². The highest BCUT2D eigenvalue weighted by Gasteiger charge is 2.12. The highest BCUT2D eigenvalue weighted by Crippen LogP contribution is 2.32. The molecule has 0 amide bonds. The van der Waals surface area contributed by atoms with E-state index in [0.717, 1.165) is 16.7 Å². The van der Waals surface area contributed by atoms with Crippen LogP contribution in [0.2, 0.25) is 0 Å².